The van der Waals surface area contributed by atoms with E-state index in [0.29, 0.717) is 12.5 Å². The molecule has 0 radical (unpaired) electrons. The van der Waals surface area contributed by atoms with Gasteiger partial charge in [0.1, 0.15) is 0 Å². The molecule has 1 N–H and O–H groups in total. The first-order valence-corrected chi connectivity index (χ1v) is 8.17. The maximum atomic E-state index is 13.4. The van der Waals surface area contributed by atoms with E-state index in [-0.39, 0.29) is 31.2 Å². The molecule has 0 amide bonds. The number of nitrogens with zero attached hydrogens (tertiary/aromatic N) is 2. The van der Waals surface area contributed by atoms with E-state index in [1.165, 1.54) is 6.42 Å². The zero-order chi connectivity index (χ0) is 14.0. The lowest BCUT2D eigenvalue weighted by atomic mass is 9.86. The van der Waals surface area contributed by atoms with Gasteiger partial charge in [-0.3, -0.25) is 4.90 Å². The Kier molecular flexibility index (Phi) is 6.24. The molecule has 0 aromatic carbocycles. The minimum atomic E-state index is -2.40. The van der Waals surface area contributed by atoms with Crippen molar-refractivity contribution in [1.82, 2.24) is 15.1 Å². The fraction of sp³-hybridized carbons (Fsp3) is 1.00. The lowest BCUT2D eigenvalue weighted by Crippen LogP contribution is -2.52. The molecule has 3 fully saturated rings. The minimum Gasteiger partial charge on any atom is -0.315 e. The average Bonchev–Trinajstić information content (AvgIpc) is 2.92. The van der Waals surface area contributed by atoms with Gasteiger partial charge in [0.25, 0.3) is 0 Å². The zero-order valence-corrected chi connectivity index (χ0v) is 13.5. The quantitative estimate of drug-likeness (QED) is 0.859. The summed E-state index contributed by atoms with van der Waals surface area (Å²) in [6.45, 7) is 7.46. The van der Waals surface area contributed by atoms with E-state index in [9.17, 15) is 8.78 Å². The van der Waals surface area contributed by atoms with Crippen LogP contribution in [0.2, 0.25) is 0 Å². The smallest absolute Gasteiger partial charge is 0.248 e. The van der Waals surface area contributed by atoms with Gasteiger partial charge in [0.15, 0.2) is 0 Å². The van der Waals surface area contributed by atoms with E-state index in [2.05, 4.69) is 15.1 Å². The van der Waals surface area contributed by atoms with E-state index < -0.39 is 5.92 Å². The fourth-order valence-electron chi connectivity index (χ4n) is 4.06. The Labute approximate surface area is 132 Å². The standard InChI is InChI=1S/C15H27F2N3.ClH/c16-15(17)4-1-2-13(10-15)12-19-6-8-20(9-7-19)14-3-5-18-11-14;/h13-14,18H,1-12H2;1H. The van der Waals surface area contributed by atoms with E-state index in [0.717, 1.165) is 52.2 Å². The summed E-state index contributed by atoms with van der Waals surface area (Å²) >= 11 is 0. The topological polar surface area (TPSA) is 18.5 Å². The van der Waals surface area contributed by atoms with Crippen LogP contribution in [0.15, 0.2) is 0 Å². The van der Waals surface area contributed by atoms with Gasteiger partial charge in [0.05, 0.1) is 0 Å². The van der Waals surface area contributed by atoms with Crippen LogP contribution in [0.25, 0.3) is 0 Å². The molecule has 0 spiro atoms. The maximum absolute atomic E-state index is 13.4. The molecule has 124 valence electrons. The Balaban J connectivity index is 0.00000161. The normalized spacial score (nSPS) is 34.6. The Morgan fingerprint density at radius 2 is 1.86 bits per heavy atom. The van der Waals surface area contributed by atoms with Crippen LogP contribution in [0, 0.1) is 5.92 Å². The van der Waals surface area contributed by atoms with Gasteiger partial charge in [-0.25, -0.2) is 8.78 Å². The van der Waals surface area contributed by atoms with Crippen molar-refractivity contribution in [2.75, 3.05) is 45.8 Å². The second kappa shape index (κ2) is 7.53. The monoisotopic (exact) mass is 323 g/mol. The first-order valence-electron chi connectivity index (χ1n) is 8.17. The Bertz CT molecular complexity index is 316. The summed E-state index contributed by atoms with van der Waals surface area (Å²) in [4.78, 5) is 4.98. The molecule has 6 heteroatoms. The highest BCUT2D eigenvalue weighted by atomic mass is 35.5. The Hall–Kier alpha value is 0.0300. The molecule has 1 aliphatic carbocycles. The van der Waals surface area contributed by atoms with Gasteiger partial charge in [-0.05, 0) is 31.7 Å². The first-order chi connectivity index (χ1) is 9.62. The predicted molar refractivity (Wildman–Crippen MR) is 83.4 cm³/mol. The summed E-state index contributed by atoms with van der Waals surface area (Å²) in [6, 6.07) is 0.705. The van der Waals surface area contributed by atoms with Crippen molar-refractivity contribution in [2.45, 2.75) is 44.1 Å². The first kappa shape index (κ1) is 17.4. The second-order valence-corrected chi connectivity index (χ2v) is 6.80. The van der Waals surface area contributed by atoms with E-state index >= 15 is 0 Å². The van der Waals surface area contributed by atoms with Crippen LogP contribution in [-0.4, -0.2) is 67.6 Å². The van der Waals surface area contributed by atoms with Crippen molar-refractivity contribution >= 4 is 12.4 Å². The third kappa shape index (κ3) is 4.75. The third-order valence-corrected chi connectivity index (χ3v) is 5.22. The van der Waals surface area contributed by atoms with Crippen LogP contribution >= 0.6 is 12.4 Å². The number of alkyl halides is 2. The molecule has 2 atom stereocenters. The van der Waals surface area contributed by atoms with Crippen molar-refractivity contribution in [3.8, 4) is 0 Å². The highest BCUT2D eigenvalue weighted by Gasteiger charge is 2.37. The summed E-state index contributed by atoms with van der Waals surface area (Å²) in [7, 11) is 0. The average molecular weight is 324 g/mol. The minimum absolute atomic E-state index is 0. The van der Waals surface area contributed by atoms with Gasteiger partial charge in [0.2, 0.25) is 5.92 Å². The number of nitrogens with one attached hydrogen (secondary N) is 1. The molecular formula is C15H28ClF2N3. The van der Waals surface area contributed by atoms with Crippen LogP contribution in [0.5, 0.6) is 0 Å². The van der Waals surface area contributed by atoms with E-state index in [1.807, 2.05) is 0 Å². The van der Waals surface area contributed by atoms with Crippen LogP contribution in [0.4, 0.5) is 8.78 Å². The van der Waals surface area contributed by atoms with Gasteiger partial charge in [-0.2, -0.15) is 0 Å². The summed E-state index contributed by atoms with van der Waals surface area (Å²) in [5.74, 6) is -2.20. The van der Waals surface area contributed by atoms with Gasteiger partial charge < -0.3 is 10.2 Å². The van der Waals surface area contributed by atoms with Crippen molar-refractivity contribution in [1.29, 1.82) is 0 Å². The largest absolute Gasteiger partial charge is 0.315 e. The van der Waals surface area contributed by atoms with Crippen LogP contribution in [0.1, 0.15) is 32.1 Å². The molecule has 3 nitrogen and oxygen atoms in total. The van der Waals surface area contributed by atoms with Gasteiger partial charge in [0, 0.05) is 58.2 Å². The molecule has 2 heterocycles. The van der Waals surface area contributed by atoms with Gasteiger partial charge in [-0.15, -0.1) is 12.4 Å². The molecule has 21 heavy (non-hydrogen) atoms. The summed E-state index contributed by atoms with van der Waals surface area (Å²) < 4.78 is 26.9. The molecule has 0 bridgehead atoms. The summed E-state index contributed by atoms with van der Waals surface area (Å²) in [6.07, 6.45) is 3.16. The molecule has 0 aromatic heterocycles. The number of hydrogen-bond donors (Lipinski definition) is 1. The Morgan fingerprint density at radius 3 is 2.48 bits per heavy atom. The van der Waals surface area contributed by atoms with Crippen molar-refractivity contribution < 1.29 is 8.78 Å². The van der Waals surface area contributed by atoms with E-state index in [1.54, 1.807) is 0 Å². The number of hydrogen-bond acceptors (Lipinski definition) is 3. The van der Waals surface area contributed by atoms with Crippen molar-refractivity contribution in [3.63, 3.8) is 0 Å². The SMILES string of the molecule is Cl.FC1(F)CCCC(CN2CCN(C3CCNC3)CC2)C1. The lowest BCUT2D eigenvalue weighted by Gasteiger charge is -2.40. The molecule has 3 rings (SSSR count). The van der Waals surface area contributed by atoms with Crippen molar-refractivity contribution in [2.24, 2.45) is 5.92 Å². The van der Waals surface area contributed by atoms with Crippen LogP contribution in [0.3, 0.4) is 0 Å². The number of rotatable bonds is 3. The molecular weight excluding hydrogens is 296 g/mol. The van der Waals surface area contributed by atoms with E-state index in [4.69, 9.17) is 0 Å². The third-order valence-electron chi connectivity index (χ3n) is 5.22. The molecule has 0 aromatic rings. The zero-order valence-electron chi connectivity index (χ0n) is 12.7. The molecule has 2 aliphatic heterocycles. The summed E-state index contributed by atoms with van der Waals surface area (Å²) in [5, 5.41) is 3.42. The van der Waals surface area contributed by atoms with Crippen LogP contribution < -0.4 is 5.32 Å². The van der Waals surface area contributed by atoms with Crippen molar-refractivity contribution in [3.05, 3.63) is 0 Å². The molecule has 2 unspecified atom stereocenters. The van der Waals surface area contributed by atoms with Crippen LogP contribution in [-0.2, 0) is 0 Å². The Morgan fingerprint density at radius 1 is 1.10 bits per heavy atom. The lowest BCUT2D eigenvalue weighted by molar-refractivity contribution is -0.0587. The molecule has 2 saturated heterocycles. The molecule has 3 aliphatic rings. The van der Waals surface area contributed by atoms with Gasteiger partial charge in [-0.1, -0.05) is 0 Å². The molecule has 1 saturated carbocycles. The highest BCUT2D eigenvalue weighted by Crippen LogP contribution is 2.37. The predicted octanol–water partition coefficient (Wildman–Crippen LogP) is 2.21. The highest BCUT2D eigenvalue weighted by molar-refractivity contribution is 5.85. The second-order valence-electron chi connectivity index (χ2n) is 6.80. The number of piperazine rings is 1. The van der Waals surface area contributed by atoms with Gasteiger partial charge >= 0.3 is 0 Å². The maximum Gasteiger partial charge on any atom is 0.248 e. The number of halogens is 3. The summed E-state index contributed by atoms with van der Waals surface area (Å²) in [5.41, 5.74) is 0. The fourth-order valence-corrected chi connectivity index (χ4v) is 4.06.